The maximum atomic E-state index is 11.8. The van der Waals surface area contributed by atoms with Crippen molar-refractivity contribution in [3.05, 3.63) is 63.2 Å². The number of hydrogen-bond acceptors (Lipinski definition) is 4. The molecule has 19 heavy (non-hydrogen) atoms. The van der Waals surface area contributed by atoms with E-state index in [1.807, 2.05) is 30.3 Å². The van der Waals surface area contributed by atoms with Gasteiger partial charge in [-0.1, -0.05) is 30.3 Å². The molecule has 7 heteroatoms. The average Bonchev–Trinajstić information content (AvgIpc) is 2.84. The summed E-state index contributed by atoms with van der Waals surface area (Å²) in [6.45, 7) is 0. The van der Waals surface area contributed by atoms with E-state index in [0.717, 1.165) is 5.56 Å². The fourth-order valence-electron chi connectivity index (χ4n) is 1.85. The summed E-state index contributed by atoms with van der Waals surface area (Å²) in [4.78, 5) is 28.2. The number of hydrogen-bond donors (Lipinski definition) is 1. The Labute approximate surface area is 106 Å². The molecule has 0 aliphatic carbocycles. The van der Waals surface area contributed by atoms with Gasteiger partial charge in [0.25, 0.3) is 0 Å². The molecule has 0 aliphatic rings. The van der Waals surface area contributed by atoms with Gasteiger partial charge in [-0.05, 0) is 15.5 Å². The zero-order chi connectivity index (χ0) is 13.4. The van der Waals surface area contributed by atoms with Crippen LogP contribution in [0.15, 0.2) is 47.5 Å². The van der Waals surface area contributed by atoms with E-state index in [2.05, 4.69) is 9.97 Å². The van der Waals surface area contributed by atoms with Crippen molar-refractivity contribution in [1.82, 2.24) is 14.4 Å². The first-order valence-corrected chi connectivity index (χ1v) is 5.47. The summed E-state index contributed by atoms with van der Waals surface area (Å²) in [6, 6.07) is 9.22. The van der Waals surface area contributed by atoms with Crippen molar-refractivity contribution in [3.8, 4) is 11.3 Å². The van der Waals surface area contributed by atoms with Gasteiger partial charge in [-0.25, -0.2) is 0 Å². The van der Waals surface area contributed by atoms with Crippen molar-refractivity contribution >= 4 is 11.5 Å². The van der Waals surface area contributed by atoms with E-state index < -0.39 is 10.5 Å². The van der Waals surface area contributed by atoms with Crippen LogP contribution >= 0.6 is 0 Å². The van der Waals surface area contributed by atoms with E-state index >= 15 is 0 Å². The number of nitro groups is 1. The van der Waals surface area contributed by atoms with Crippen molar-refractivity contribution in [2.45, 2.75) is 0 Å². The second-order valence-corrected chi connectivity index (χ2v) is 3.95. The summed E-state index contributed by atoms with van der Waals surface area (Å²) in [5.74, 6) is -0.351. The van der Waals surface area contributed by atoms with Gasteiger partial charge < -0.3 is 15.1 Å². The molecule has 0 bridgehead atoms. The summed E-state index contributed by atoms with van der Waals surface area (Å²) in [5, 5.41) is 10.7. The average molecular weight is 256 g/mol. The Balaban J connectivity index is 2.25. The van der Waals surface area contributed by atoms with Gasteiger partial charge in [0.1, 0.15) is 6.20 Å². The highest BCUT2D eigenvalue weighted by molar-refractivity contribution is 5.59. The summed E-state index contributed by atoms with van der Waals surface area (Å²) >= 11 is 0. The van der Waals surface area contributed by atoms with Gasteiger partial charge >= 0.3 is 17.0 Å². The largest absolute Gasteiger partial charge is 0.382 e. The number of nitrogens with one attached hydrogen (secondary N) is 1. The van der Waals surface area contributed by atoms with E-state index in [1.54, 1.807) is 6.20 Å². The van der Waals surface area contributed by atoms with Crippen molar-refractivity contribution in [3.63, 3.8) is 0 Å². The van der Waals surface area contributed by atoms with Gasteiger partial charge in [-0.2, -0.15) is 0 Å². The summed E-state index contributed by atoms with van der Waals surface area (Å²) in [7, 11) is 0. The molecule has 3 rings (SSSR count). The van der Waals surface area contributed by atoms with Crippen molar-refractivity contribution in [1.29, 1.82) is 0 Å². The van der Waals surface area contributed by atoms with Crippen LogP contribution in [0.1, 0.15) is 0 Å². The molecular formula is C12H8N4O3. The maximum absolute atomic E-state index is 11.8. The minimum Gasteiger partial charge on any atom is -0.358 e. The van der Waals surface area contributed by atoms with Crippen molar-refractivity contribution in [2.75, 3.05) is 0 Å². The number of H-pyrrole nitrogens is 1. The van der Waals surface area contributed by atoms with Crippen molar-refractivity contribution < 1.29 is 4.92 Å². The van der Waals surface area contributed by atoms with Gasteiger partial charge in [-0.15, -0.1) is 0 Å². The van der Waals surface area contributed by atoms with E-state index in [0.29, 0.717) is 5.69 Å². The number of nitrogens with zero attached hydrogens (tertiary/aromatic N) is 3. The molecule has 94 valence electrons. The van der Waals surface area contributed by atoms with E-state index in [4.69, 9.17) is 0 Å². The molecule has 0 spiro atoms. The van der Waals surface area contributed by atoms with Crippen LogP contribution in [0.5, 0.6) is 0 Å². The molecule has 0 amide bonds. The lowest BCUT2D eigenvalue weighted by Crippen LogP contribution is -2.10. The highest BCUT2D eigenvalue weighted by Gasteiger charge is 2.16. The normalized spacial score (nSPS) is 10.7. The summed E-state index contributed by atoms with van der Waals surface area (Å²) < 4.78 is 1.36. The fraction of sp³-hybridized carbons (Fsp3) is 0. The third-order valence-electron chi connectivity index (χ3n) is 2.71. The monoisotopic (exact) mass is 256 g/mol. The molecule has 2 aromatic heterocycles. The third-order valence-corrected chi connectivity index (χ3v) is 2.71. The lowest BCUT2D eigenvalue weighted by Gasteiger charge is -2.00. The first kappa shape index (κ1) is 11.1. The Bertz CT molecular complexity index is 820. The van der Waals surface area contributed by atoms with Crippen molar-refractivity contribution in [2.24, 2.45) is 0 Å². The molecule has 0 saturated carbocycles. The smallest absolute Gasteiger partial charge is 0.358 e. The summed E-state index contributed by atoms with van der Waals surface area (Å²) in [6.07, 6.45) is 2.82. The first-order valence-electron chi connectivity index (χ1n) is 5.47. The minimum absolute atomic E-state index is 0.00591. The number of benzene rings is 1. The number of imidazole rings is 1. The van der Waals surface area contributed by atoms with E-state index in [9.17, 15) is 14.9 Å². The molecule has 1 N–H and O–H groups in total. The Morgan fingerprint density at radius 1 is 1.21 bits per heavy atom. The predicted molar refractivity (Wildman–Crippen MR) is 67.9 cm³/mol. The quantitative estimate of drug-likeness (QED) is 0.556. The van der Waals surface area contributed by atoms with Crippen LogP contribution in [0.2, 0.25) is 0 Å². The highest BCUT2D eigenvalue weighted by atomic mass is 16.6. The molecule has 0 atom stereocenters. The Kier molecular flexibility index (Phi) is 2.38. The summed E-state index contributed by atoms with van der Waals surface area (Å²) in [5.41, 5.74) is 0.934. The number of aromatic nitrogens is 3. The number of fused-ring (bicyclic) bond motifs is 1. The highest BCUT2D eigenvalue weighted by Crippen LogP contribution is 2.16. The molecule has 1 aromatic carbocycles. The SMILES string of the molecule is O=c1[nH]c(-c2ccccc2)cn2cc([N+](=O)[O-])nc12. The standard InChI is InChI=1S/C12H8N4O3/c17-12-11-14-10(16(18)19)7-15(11)6-9(13-12)8-4-2-1-3-5-8/h1-7H,(H,13,17). The minimum atomic E-state index is -0.630. The van der Waals surface area contributed by atoms with Gasteiger partial charge in [0, 0.05) is 6.20 Å². The van der Waals surface area contributed by atoms with E-state index in [-0.39, 0.29) is 11.5 Å². The third kappa shape index (κ3) is 1.86. The molecule has 2 heterocycles. The maximum Gasteiger partial charge on any atom is 0.382 e. The predicted octanol–water partition coefficient (Wildman–Crippen LogP) is 1.60. The van der Waals surface area contributed by atoms with Crippen LogP contribution in [0.3, 0.4) is 0 Å². The van der Waals surface area contributed by atoms with Gasteiger partial charge in [0.15, 0.2) is 0 Å². The van der Waals surface area contributed by atoms with Crippen LogP contribution in [0.4, 0.5) is 5.82 Å². The van der Waals surface area contributed by atoms with E-state index in [1.165, 1.54) is 10.6 Å². The van der Waals surface area contributed by atoms with Gasteiger partial charge in [-0.3, -0.25) is 9.20 Å². The zero-order valence-corrected chi connectivity index (χ0v) is 9.61. The second-order valence-electron chi connectivity index (χ2n) is 3.95. The Hall–Kier alpha value is -2.96. The van der Waals surface area contributed by atoms with Crippen LogP contribution < -0.4 is 5.56 Å². The number of aromatic amines is 1. The molecular weight excluding hydrogens is 248 g/mol. The first-order chi connectivity index (χ1) is 9.15. The second kappa shape index (κ2) is 4.05. The van der Waals surface area contributed by atoms with Gasteiger partial charge in [0.05, 0.1) is 5.69 Å². The molecule has 0 saturated heterocycles. The van der Waals surface area contributed by atoms with Gasteiger partial charge in [0.2, 0.25) is 0 Å². The zero-order valence-electron chi connectivity index (χ0n) is 9.61. The Morgan fingerprint density at radius 3 is 2.63 bits per heavy atom. The van der Waals surface area contributed by atoms with Crippen LogP contribution in [0, 0.1) is 10.1 Å². The lowest BCUT2D eigenvalue weighted by molar-refractivity contribution is -0.389. The molecule has 0 fully saturated rings. The molecule has 0 unspecified atom stereocenters. The van der Waals surface area contributed by atoms with Crippen LogP contribution in [0.25, 0.3) is 16.9 Å². The fourth-order valence-corrected chi connectivity index (χ4v) is 1.85. The Morgan fingerprint density at radius 2 is 1.95 bits per heavy atom. The number of rotatable bonds is 2. The lowest BCUT2D eigenvalue weighted by atomic mass is 10.2. The van der Waals surface area contributed by atoms with Crippen LogP contribution in [-0.4, -0.2) is 19.3 Å². The molecule has 0 aliphatic heterocycles. The topological polar surface area (TPSA) is 93.3 Å². The van der Waals surface area contributed by atoms with Crippen LogP contribution in [-0.2, 0) is 0 Å². The molecule has 7 nitrogen and oxygen atoms in total. The molecule has 3 aromatic rings. The molecule has 0 radical (unpaired) electrons.